The highest BCUT2D eigenvalue weighted by Gasteiger charge is 2.34. The van der Waals surface area contributed by atoms with E-state index in [2.05, 4.69) is 9.82 Å². The molecule has 0 fully saturated rings. The van der Waals surface area contributed by atoms with Crippen molar-refractivity contribution in [3.05, 3.63) is 59.7 Å². The third-order valence-corrected chi connectivity index (χ3v) is 5.09. The largest absolute Gasteiger partial charge is 0.496 e. The number of carbonyl (C=O) groups excluding carboxylic acids is 1. The fourth-order valence-electron chi connectivity index (χ4n) is 3.27. The van der Waals surface area contributed by atoms with Crippen molar-refractivity contribution >= 4 is 27.3 Å². The van der Waals surface area contributed by atoms with Gasteiger partial charge in [-0.15, -0.1) is 0 Å². The number of methoxy groups -OCH3 is 1. The molecule has 28 heavy (non-hydrogen) atoms. The molecule has 2 aromatic carbocycles. The zero-order valence-electron chi connectivity index (χ0n) is 16.0. The Balaban J connectivity index is 2.04. The Kier molecular flexibility index (Phi) is 5.69. The van der Waals surface area contributed by atoms with Crippen LogP contribution in [0.4, 0.5) is 5.69 Å². The molecule has 1 N–H and O–H groups in total. The molecule has 1 aliphatic heterocycles. The first-order valence-electron chi connectivity index (χ1n) is 8.93. The van der Waals surface area contributed by atoms with E-state index in [0.717, 1.165) is 17.5 Å². The number of benzene rings is 2. The van der Waals surface area contributed by atoms with Crippen molar-refractivity contribution in [2.45, 2.75) is 25.8 Å². The van der Waals surface area contributed by atoms with Crippen LogP contribution in [0.3, 0.4) is 0 Å². The van der Waals surface area contributed by atoms with Gasteiger partial charge >= 0.3 is 0 Å². The van der Waals surface area contributed by atoms with E-state index in [1.54, 1.807) is 26.2 Å². The topological polar surface area (TPSA) is 88.1 Å². The molecule has 0 spiro atoms. The van der Waals surface area contributed by atoms with E-state index in [1.165, 1.54) is 5.01 Å². The van der Waals surface area contributed by atoms with Crippen LogP contribution in [0.25, 0.3) is 0 Å². The van der Waals surface area contributed by atoms with E-state index >= 15 is 0 Å². The Morgan fingerprint density at radius 3 is 2.57 bits per heavy atom. The number of sulfonamides is 1. The van der Waals surface area contributed by atoms with Crippen LogP contribution >= 0.6 is 0 Å². The van der Waals surface area contributed by atoms with Gasteiger partial charge in [0, 0.05) is 24.0 Å². The smallest absolute Gasteiger partial charge is 0.242 e. The second-order valence-corrected chi connectivity index (χ2v) is 8.27. The van der Waals surface area contributed by atoms with Crippen molar-refractivity contribution in [1.82, 2.24) is 5.01 Å². The Bertz CT molecular complexity index is 1020. The Morgan fingerprint density at radius 2 is 1.89 bits per heavy atom. The summed E-state index contributed by atoms with van der Waals surface area (Å²) in [4.78, 5) is 12.6. The lowest BCUT2D eigenvalue weighted by molar-refractivity contribution is -0.132. The van der Waals surface area contributed by atoms with Gasteiger partial charge < -0.3 is 4.74 Å². The molecule has 0 aromatic heterocycles. The maximum atomic E-state index is 12.6. The van der Waals surface area contributed by atoms with Crippen molar-refractivity contribution in [1.29, 1.82) is 0 Å². The average Bonchev–Trinajstić information content (AvgIpc) is 3.11. The number of ether oxygens (including phenoxy) is 1. The van der Waals surface area contributed by atoms with Gasteiger partial charge in [0.25, 0.3) is 0 Å². The highest BCUT2D eigenvalue weighted by atomic mass is 32.2. The summed E-state index contributed by atoms with van der Waals surface area (Å²) in [5.74, 6) is 0.539. The van der Waals surface area contributed by atoms with Gasteiger partial charge in [0.05, 0.1) is 30.8 Å². The molecular formula is C20H23N3O4S. The average molecular weight is 401 g/mol. The summed E-state index contributed by atoms with van der Waals surface area (Å²) in [6, 6.07) is 14.2. The Labute approximate surface area is 165 Å². The highest BCUT2D eigenvalue weighted by molar-refractivity contribution is 7.92. The zero-order valence-corrected chi connectivity index (χ0v) is 16.9. The monoisotopic (exact) mass is 401 g/mol. The van der Waals surface area contributed by atoms with Crippen LogP contribution in [0.5, 0.6) is 5.75 Å². The molecule has 1 heterocycles. The van der Waals surface area contributed by atoms with Crippen LogP contribution in [0.15, 0.2) is 53.6 Å². The number of rotatable bonds is 6. The van der Waals surface area contributed by atoms with Crippen molar-refractivity contribution in [2.24, 2.45) is 5.10 Å². The first-order chi connectivity index (χ1) is 13.3. The fourth-order valence-corrected chi connectivity index (χ4v) is 3.86. The highest BCUT2D eigenvalue weighted by Crippen LogP contribution is 2.38. The summed E-state index contributed by atoms with van der Waals surface area (Å²) in [5, 5.41) is 6.03. The summed E-state index contributed by atoms with van der Waals surface area (Å²) >= 11 is 0. The molecule has 1 amide bonds. The Morgan fingerprint density at radius 1 is 1.21 bits per heavy atom. The van der Waals surface area contributed by atoms with E-state index in [0.29, 0.717) is 29.8 Å². The van der Waals surface area contributed by atoms with Crippen molar-refractivity contribution in [2.75, 3.05) is 18.1 Å². The summed E-state index contributed by atoms with van der Waals surface area (Å²) in [6.07, 6.45) is 1.85. The molecule has 0 radical (unpaired) electrons. The quantitative estimate of drug-likeness (QED) is 0.805. The van der Waals surface area contributed by atoms with Gasteiger partial charge in [0.1, 0.15) is 5.75 Å². The number of nitrogens with zero attached hydrogens (tertiary/aromatic N) is 2. The number of hydrogen-bond donors (Lipinski definition) is 1. The summed E-state index contributed by atoms with van der Waals surface area (Å²) in [7, 11) is -1.87. The predicted molar refractivity (Wildman–Crippen MR) is 109 cm³/mol. The van der Waals surface area contributed by atoms with Gasteiger partial charge in [-0.1, -0.05) is 37.3 Å². The minimum Gasteiger partial charge on any atom is -0.496 e. The second-order valence-electron chi connectivity index (χ2n) is 6.52. The number of hydrazone groups is 1. The number of nitrogens with one attached hydrogen (secondary N) is 1. The van der Waals surface area contributed by atoms with Gasteiger partial charge in [-0.3, -0.25) is 9.52 Å². The lowest BCUT2D eigenvalue weighted by Gasteiger charge is -2.24. The normalized spacial score (nSPS) is 16.6. The number of amides is 1. The van der Waals surface area contributed by atoms with Crippen molar-refractivity contribution < 1.29 is 17.9 Å². The molecule has 1 aliphatic rings. The minimum atomic E-state index is -3.46. The summed E-state index contributed by atoms with van der Waals surface area (Å²) in [5.41, 5.74) is 2.68. The molecule has 0 saturated carbocycles. The van der Waals surface area contributed by atoms with E-state index in [4.69, 9.17) is 4.74 Å². The van der Waals surface area contributed by atoms with Crippen LogP contribution in [0.2, 0.25) is 0 Å². The molecule has 0 aliphatic carbocycles. The van der Waals surface area contributed by atoms with Crippen molar-refractivity contribution in [3.63, 3.8) is 0 Å². The molecule has 8 heteroatoms. The van der Waals surface area contributed by atoms with Gasteiger partial charge in [-0.25, -0.2) is 13.4 Å². The lowest BCUT2D eigenvalue weighted by atomic mass is 9.96. The molecular weight excluding hydrogens is 378 g/mol. The zero-order chi connectivity index (χ0) is 20.3. The lowest BCUT2D eigenvalue weighted by Crippen LogP contribution is -2.27. The third-order valence-electron chi connectivity index (χ3n) is 4.50. The van der Waals surface area contributed by atoms with Crippen LogP contribution in [0.1, 0.15) is 36.9 Å². The van der Waals surface area contributed by atoms with Crippen molar-refractivity contribution in [3.8, 4) is 5.75 Å². The SMILES string of the molecule is CCC(=O)N1N=C(c2ccccc2OC)C[C@@H]1c1ccccc1NS(C)(=O)=O. The third kappa shape index (κ3) is 4.17. The van der Waals surface area contributed by atoms with Gasteiger partial charge in [0.15, 0.2) is 0 Å². The molecule has 148 valence electrons. The van der Waals surface area contributed by atoms with Gasteiger partial charge in [-0.05, 0) is 18.2 Å². The van der Waals surface area contributed by atoms with E-state index in [1.807, 2.05) is 36.4 Å². The standard InChI is InChI=1S/C20H23N3O4S/c1-4-20(24)23-18(14-9-5-7-11-16(14)22-28(3,25)26)13-17(21-23)15-10-6-8-12-19(15)27-2/h5-12,18,22H,4,13H2,1-3H3/t18-/m1/s1. The molecule has 3 rings (SSSR count). The molecule has 0 bridgehead atoms. The van der Waals surface area contributed by atoms with Crippen LogP contribution in [0, 0.1) is 0 Å². The van der Waals surface area contributed by atoms with Crippen LogP contribution in [-0.2, 0) is 14.8 Å². The molecule has 1 atom stereocenters. The second kappa shape index (κ2) is 8.02. The molecule has 0 unspecified atom stereocenters. The van der Waals surface area contributed by atoms with E-state index in [9.17, 15) is 13.2 Å². The Hall–Kier alpha value is -2.87. The number of carbonyl (C=O) groups is 1. The predicted octanol–water partition coefficient (Wildman–Crippen LogP) is 3.15. The van der Waals surface area contributed by atoms with E-state index < -0.39 is 16.1 Å². The minimum absolute atomic E-state index is 0.135. The van der Waals surface area contributed by atoms with Gasteiger partial charge in [0.2, 0.25) is 15.9 Å². The molecule has 0 saturated heterocycles. The first kappa shape index (κ1) is 19.9. The fraction of sp³-hybridized carbons (Fsp3) is 0.300. The van der Waals surface area contributed by atoms with Crippen LogP contribution in [-0.4, -0.2) is 38.4 Å². The molecule has 2 aromatic rings. The number of para-hydroxylation sites is 2. The summed E-state index contributed by atoms with van der Waals surface area (Å²) < 4.78 is 31.5. The maximum absolute atomic E-state index is 12.6. The first-order valence-corrected chi connectivity index (χ1v) is 10.8. The summed E-state index contributed by atoms with van der Waals surface area (Å²) in [6.45, 7) is 1.77. The van der Waals surface area contributed by atoms with Gasteiger partial charge in [-0.2, -0.15) is 5.10 Å². The maximum Gasteiger partial charge on any atom is 0.242 e. The molecule has 7 nitrogen and oxygen atoms in total. The van der Waals surface area contributed by atoms with E-state index in [-0.39, 0.29) is 5.91 Å². The van der Waals surface area contributed by atoms with Crippen LogP contribution < -0.4 is 9.46 Å². The number of hydrogen-bond acceptors (Lipinski definition) is 5. The number of anilines is 1.